The number of hydrogen-bond donors (Lipinski definition) is 3. The number of benzene rings is 1. The maximum atomic E-state index is 14.1. The van der Waals surface area contributed by atoms with E-state index in [0.717, 1.165) is 5.56 Å². The molecule has 0 saturated carbocycles. The van der Waals surface area contributed by atoms with Crippen molar-refractivity contribution >= 4 is 36.3 Å². The van der Waals surface area contributed by atoms with Crippen molar-refractivity contribution < 1.29 is 23.6 Å². The van der Waals surface area contributed by atoms with Gasteiger partial charge in [0.1, 0.15) is 23.7 Å². The fraction of sp³-hybridized carbons (Fsp3) is 0.500. The minimum Gasteiger partial charge on any atom is -0.465 e. The van der Waals surface area contributed by atoms with Crippen LogP contribution in [0.15, 0.2) is 36.9 Å². The summed E-state index contributed by atoms with van der Waals surface area (Å²) in [6, 6.07) is 7.08. The third-order valence-electron chi connectivity index (χ3n) is 5.97. The number of imidazole rings is 1. The number of nitrogens with zero attached hydrogens (tertiary/aromatic N) is 4. The van der Waals surface area contributed by atoms with E-state index in [1.807, 2.05) is 12.1 Å². The molecule has 0 radical (unpaired) electrons. The van der Waals surface area contributed by atoms with Gasteiger partial charge in [-0.1, -0.05) is 32.9 Å². The number of nitrogens with one attached hydrogen (secondary N) is 2. The quantitative estimate of drug-likeness (QED) is 0.233. The Bertz CT molecular complexity index is 1370. The monoisotopic (exact) mass is 559 g/mol. The van der Waals surface area contributed by atoms with E-state index in [4.69, 9.17) is 15.2 Å². The highest BCUT2D eigenvalue weighted by Gasteiger charge is 2.39. The van der Waals surface area contributed by atoms with Crippen molar-refractivity contribution in [2.24, 2.45) is 0 Å². The third kappa shape index (κ3) is 7.62. The van der Waals surface area contributed by atoms with Crippen molar-refractivity contribution in [1.82, 2.24) is 29.7 Å². The number of aromatic nitrogens is 4. The molecule has 0 aliphatic rings. The zero-order chi connectivity index (χ0) is 29.0. The normalized spacial score (nSPS) is 14.5. The van der Waals surface area contributed by atoms with Gasteiger partial charge in [-0.15, -0.1) is 0 Å². The van der Waals surface area contributed by atoms with Gasteiger partial charge in [0.2, 0.25) is 0 Å². The number of nitrogens with two attached hydrogens (primary N) is 1. The van der Waals surface area contributed by atoms with E-state index in [1.165, 1.54) is 20.2 Å². The highest BCUT2D eigenvalue weighted by atomic mass is 31.2. The largest absolute Gasteiger partial charge is 0.465 e. The summed E-state index contributed by atoms with van der Waals surface area (Å²) in [7, 11) is -3.83. The molecule has 2 aromatic heterocycles. The summed E-state index contributed by atoms with van der Waals surface area (Å²) in [4.78, 5) is 38.1. The number of carbonyl (C=O) groups is 2. The van der Waals surface area contributed by atoms with E-state index >= 15 is 0 Å². The third-order valence-corrected chi connectivity index (χ3v) is 7.96. The molecule has 13 heteroatoms. The zero-order valence-corrected chi connectivity index (χ0v) is 24.4. The van der Waals surface area contributed by atoms with Crippen LogP contribution in [0.5, 0.6) is 0 Å². The van der Waals surface area contributed by atoms with Gasteiger partial charge in [-0.25, -0.2) is 20.0 Å². The summed E-state index contributed by atoms with van der Waals surface area (Å²) < 4.78 is 26.9. The summed E-state index contributed by atoms with van der Waals surface area (Å²) in [5.41, 5.74) is 6.80. The predicted molar refractivity (Wildman–Crippen MR) is 149 cm³/mol. The molecule has 212 valence electrons. The fourth-order valence-electron chi connectivity index (χ4n) is 3.85. The molecule has 1 amide bonds. The molecular weight excluding hydrogens is 521 g/mol. The molecule has 39 heavy (non-hydrogen) atoms. The summed E-state index contributed by atoms with van der Waals surface area (Å²) in [5, 5.41) is 5.40. The Morgan fingerprint density at radius 3 is 2.38 bits per heavy atom. The molecule has 0 saturated heterocycles. The molecule has 0 aliphatic heterocycles. The lowest BCUT2D eigenvalue weighted by atomic mass is 9.87. The minimum absolute atomic E-state index is 0.0855. The van der Waals surface area contributed by atoms with Gasteiger partial charge in [0, 0.05) is 5.56 Å². The molecule has 1 aromatic carbocycles. The smallest absolute Gasteiger partial charge is 0.326 e. The number of hydrogen-bond acceptors (Lipinski definition) is 9. The summed E-state index contributed by atoms with van der Waals surface area (Å²) in [6.45, 7) is 13.2. The van der Waals surface area contributed by atoms with Crippen LogP contribution < -0.4 is 15.9 Å². The summed E-state index contributed by atoms with van der Waals surface area (Å²) in [6.07, 6.45) is 2.07. The maximum Gasteiger partial charge on any atom is 0.326 e. The molecule has 3 aromatic rings. The molecule has 2 atom stereocenters. The van der Waals surface area contributed by atoms with Gasteiger partial charge < -0.3 is 19.8 Å². The van der Waals surface area contributed by atoms with Gasteiger partial charge in [0.25, 0.3) is 13.4 Å². The van der Waals surface area contributed by atoms with Crippen LogP contribution in [0.4, 0.5) is 5.82 Å². The van der Waals surface area contributed by atoms with Crippen molar-refractivity contribution in [2.75, 3.05) is 18.7 Å². The lowest BCUT2D eigenvalue weighted by Gasteiger charge is -2.31. The van der Waals surface area contributed by atoms with Gasteiger partial charge in [0.15, 0.2) is 11.5 Å². The van der Waals surface area contributed by atoms with Crippen molar-refractivity contribution in [3.05, 3.63) is 48.0 Å². The molecular formula is C26H38N7O5P. The van der Waals surface area contributed by atoms with Crippen LogP contribution >= 0.6 is 7.44 Å². The van der Waals surface area contributed by atoms with E-state index in [0.29, 0.717) is 23.3 Å². The molecule has 0 unspecified atom stereocenters. The van der Waals surface area contributed by atoms with Crippen molar-refractivity contribution in [1.29, 1.82) is 0 Å². The van der Waals surface area contributed by atoms with Gasteiger partial charge in [-0.05, 0) is 50.8 Å². The Morgan fingerprint density at radius 2 is 1.77 bits per heavy atom. The average Bonchev–Trinajstić information content (AvgIpc) is 3.26. The molecule has 0 fully saturated rings. The lowest BCUT2D eigenvalue weighted by molar-refractivity contribution is -0.148. The number of anilines is 1. The lowest BCUT2D eigenvalue weighted by Crippen LogP contribution is -2.49. The van der Waals surface area contributed by atoms with Crippen LogP contribution in [0, 0.1) is 0 Å². The van der Waals surface area contributed by atoms with Crippen molar-refractivity contribution in [2.45, 2.75) is 72.1 Å². The van der Waals surface area contributed by atoms with E-state index in [1.54, 1.807) is 36.9 Å². The SMILES string of the molecule is CCOC(=O)C(C)(C)N[P@@](=O)(CO[C@H](C)Cn1cnc2c(N)ncnc21)NC(=O)c1ccc(C(C)(C)C)cc1. The van der Waals surface area contributed by atoms with Crippen molar-refractivity contribution in [3.8, 4) is 0 Å². The standard InChI is InChI=1S/C26H38N7O5P/c1-8-37-24(35)26(6,7)32-39(36,31-23(34)18-9-11-19(12-10-18)25(3,4)5)16-38-17(2)13-33-15-30-20-21(27)28-14-29-22(20)33/h9-12,14-15,17H,8,13,16H2,1-7H3,(H2,27,28,29)(H2,31,32,34,36)/t17-,39-/m1/s1. The van der Waals surface area contributed by atoms with Crippen molar-refractivity contribution in [3.63, 3.8) is 0 Å². The molecule has 3 rings (SSSR count). The molecule has 0 aliphatic carbocycles. The van der Waals surface area contributed by atoms with Crippen LogP contribution in [-0.2, 0) is 30.8 Å². The number of carbonyl (C=O) groups excluding carboxylic acids is 2. The van der Waals surface area contributed by atoms with Crippen LogP contribution in [-0.4, -0.2) is 56.0 Å². The average molecular weight is 560 g/mol. The first-order chi connectivity index (χ1) is 18.1. The van der Waals surface area contributed by atoms with Crippen LogP contribution in [0.25, 0.3) is 11.2 Å². The number of rotatable bonds is 11. The van der Waals surface area contributed by atoms with E-state index < -0.39 is 31.0 Å². The number of nitrogen functional groups attached to an aromatic ring is 1. The second-order valence-corrected chi connectivity index (χ2v) is 13.1. The predicted octanol–water partition coefficient (Wildman–Crippen LogP) is 3.62. The van der Waals surface area contributed by atoms with Gasteiger partial charge in [0.05, 0.1) is 25.6 Å². The topological polar surface area (TPSA) is 163 Å². The number of fused-ring (bicyclic) bond motifs is 1. The first kappa shape index (κ1) is 30.2. The molecule has 4 N–H and O–H groups in total. The summed E-state index contributed by atoms with van der Waals surface area (Å²) >= 11 is 0. The van der Waals surface area contributed by atoms with Gasteiger partial charge in [-0.3, -0.25) is 19.2 Å². The van der Waals surface area contributed by atoms with Crippen LogP contribution in [0.2, 0.25) is 0 Å². The molecule has 0 bridgehead atoms. The fourth-order valence-corrected chi connectivity index (χ4v) is 5.95. The second kappa shape index (κ2) is 11.8. The maximum absolute atomic E-state index is 14.1. The van der Waals surface area contributed by atoms with Crippen LogP contribution in [0.3, 0.4) is 0 Å². The first-order valence-electron chi connectivity index (χ1n) is 12.7. The highest BCUT2D eigenvalue weighted by molar-refractivity contribution is 7.60. The van der Waals surface area contributed by atoms with E-state index in [-0.39, 0.29) is 24.2 Å². The Balaban J connectivity index is 1.78. The Hall–Kier alpha value is -3.34. The van der Waals surface area contributed by atoms with Gasteiger partial charge in [-0.2, -0.15) is 0 Å². The Morgan fingerprint density at radius 1 is 1.10 bits per heavy atom. The minimum atomic E-state index is -3.83. The number of esters is 1. The number of ether oxygens (including phenoxy) is 2. The molecule has 0 spiro atoms. The highest BCUT2D eigenvalue weighted by Crippen LogP contribution is 2.40. The summed E-state index contributed by atoms with van der Waals surface area (Å²) in [5.74, 6) is -0.903. The van der Waals surface area contributed by atoms with Crippen LogP contribution in [0.1, 0.15) is 64.4 Å². The second-order valence-electron chi connectivity index (χ2n) is 10.9. The molecule has 12 nitrogen and oxygen atoms in total. The Kier molecular flexibility index (Phi) is 9.15. The Labute approximate surface area is 228 Å². The number of amides is 1. The molecule has 2 heterocycles. The van der Waals surface area contributed by atoms with E-state index in [9.17, 15) is 14.2 Å². The zero-order valence-electron chi connectivity index (χ0n) is 23.5. The first-order valence-corrected chi connectivity index (χ1v) is 14.6. The van der Waals surface area contributed by atoms with E-state index in [2.05, 4.69) is 45.9 Å². The van der Waals surface area contributed by atoms with Gasteiger partial charge >= 0.3 is 5.97 Å².